The molecule has 0 N–H and O–H groups in total. The first kappa shape index (κ1) is 19.7. The van der Waals surface area contributed by atoms with Crippen molar-refractivity contribution in [2.75, 3.05) is 20.2 Å². The van der Waals surface area contributed by atoms with E-state index in [1.54, 1.807) is 11.0 Å². The first-order valence-electron chi connectivity index (χ1n) is 9.39. The largest absolute Gasteiger partial charge is 0.465 e. The average molecular weight is 379 g/mol. The van der Waals surface area contributed by atoms with Crippen LogP contribution in [0.2, 0.25) is 0 Å². The summed E-state index contributed by atoms with van der Waals surface area (Å²) in [5.41, 5.74) is 2.97. The average Bonchev–Trinajstić information content (AvgIpc) is 2.91. The molecule has 1 saturated heterocycles. The lowest BCUT2D eigenvalue weighted by Gasteiger charge is -2.31. The number of alkyl halides is 2. The number of esters is 1. The number of nitrogens with zero attached hydrogens (tertiary/aromatic N) is 3. The number of methoxy groups -OCH3 is 1. The van der Waals surface area contributed by atoms with Gasteiger partial charge in [0.25, 0.3) is 5.92 Å². The van der Waals surface area contributed by atoms with Crippen LogP contribution in [0.15, 0.2) is 12.1 Å². The SMILES string of the molecule is COC(=O)c1ccc2c(CN3CCCC(F)(F)C3)nn(CC(C)C)c2c1C. The number of carbonyl (C=O) groups excluding carboxylic acids is 1. The molecular weight excluding hydrogens is 352 g/mol. The van der Waals surface area contributed by atoms with Gasteiger partial charge in [-0.05, 0) is 43.5 Å². The highest BCUT2D eigenvalue weighted by atomic mass is 19.3. The molecule has 0 atom stereocenters. The summed E-state index contributed by atoms with van der Waals surface area (Å²) >= 11 is 0. The number of carbonyl (C=O) groups is 1. The van der Waals surface area contributed by atoms with E-state index in [0.717, 1.165) is 22.2 Å². The van der Waals surface area contributed by atoms with Crippen molar-refractivity contribution in [1.82, 2.24) is 14.7 Å². The first-order valence-corrected chi connectivity index (χ1v) is 9.39. The van der Waals surface area contributed by atoms with Gasteiger partial charge in [0.2, 0.25) is 0 Å². The molecule has 1 aromatic heterocycles. The second-order valence-corrected chi connectivity index (χ2v) is 7.82. The van der Waals surface area contributed by atoms with Crippen LogP contribution in [0, 0.1) is 12.8 Å². The third-order valence-electron chi connectivity index (χ3n) is 5.03. The zero-order valence-corrected chi connectivity index (χ0v) is 16.4. The minimum Gasteiger partial charge on any atom is -0.465 e. The molecule has 1 fully saturated rings. The number of ether oxygens (including phenoxy) is 1. The predicted molar refractivity (Wildman–Crippen MR) is 100 cm³/mol. The molecule has 0 aliphatic carbocycles. The van der Waals surface area contributed by atoms with Crippen molar-refractivity contribution in [3.8, 4) is 0 Å². The number of rotatable bonds is 5. The van der Waals surface area contributed by atoms with E-state index in [1.807, 2.05) is 17.7 Å². The molecule has 27 heavy (non-hydrogen) atoms. The maximum atomic E-state index is 13.8. The Balaban J connectivity index is 2.03. The lowest BCUT2D eigenvalue weighted by molar-refractivity contribution is -0.0663. The molecule has 3 rings (SSSR count). The standard InChI is InChI=1S/C20H27F2N3O2/c1-13(2)10-25-18-14(3)15(19(26)27-4)6-7-16(18)17(23-25)11-24-9-5-8-20(21,22)12-24/h6-7,13H,5,8-12H2,1-4H3. The van der Waals surface area contributed by atoms with Crippen LogP contribution in [0.4, 0.5) is 8.78 Å². The zero-order valence-electron chi connectivity index (χ0n) is 16.4. The van der Waals surface area contributed by atoms with E-state index in [9.17, 15) is 13.6 Å². The predicted octanol–water partition coefficient (Wildman–Crippen LogP) is 4.02. The molecule has 0 amide bonds. The molecule has 2 aromatic rings. The molecule has 2 heterocycles. The molecular formula is C20H27F2N3O2. The molecule has 0 radical (unpaired) electrons. The molecule has 7 heteroatoms. The van der Waals surface area contributed by atoms with Crippen LogP contribution in [-0.2, 0) is 17.8 Å². The lowest BCUT2D eigenvalue weighted by atomic mass is 10.0. The second kappa shape index (κ2) is 7.54. The number of aryl methyl sites for hydroxylation is 1. The van der Waals surface area contributed by atoms with Crippen molar-refractivity contribution in [2.45, 2.75) is 52.6 Å². The summed E-state index contributed by atoms with van der Waals surface area (Å²) in [6.07, 6.45) is 0.441. The Morgan fingerprint density at radius 2 is 2.11 bits per heavy atom. The van der Waals surface area contributed by atoms with E-state index in [2.05, 4.69) is 13.8 Å². The van der Waals surface area contributed by atoms with Crippen LogP contribution in [-0.4, -0.2) is 46.8 Å². The Hall–Kier alpha value is -2.02. The Labute approximate surface area is 158 Å². The van der Waals surface area contributed by atoms with Crippen LogP contribution in [0.3, 0.4) is 0 Å². The number of benzene rings is 1. The third kappa shape index (κ3) is 4.13. The highest BCUT2D eigenvalue weighted by Gasteiger charge is 2.35. The van der Waals surface area contributed by atoms with E-state index < -0.39 is 5.92 Å². The molecule has 0 spiro atoms. The van der Waals surface area contributed by atoms with Gasteiger partial charge in [-0.3, -0.25) is 9.58 Å². The molecule has 1 aromatic carbocycles. The van der Waals surface area contributed by atoms with Gasteiger partial charge in [-0.1, -0.05) is 13.8 Å². The summed E-state index contributed by atoms with van der Waals surface area (Å²) in [7, 11) is 1.36. The van der Waals surface area contributed by atoms with Gasteiger partial charge in [0.1, 0.15) is 0 Å². The maximum Gasteiger partial charge on any atom is 0.338 e. The van der Waals surface area contributed by atoms with Gasteiger partial charge in [-0.25, -0.2) is 13.6 Å². The van der Waals surface area contributed by atoms with Gasteiger partial charge in [0.15, 0.2) is 0 Å². The van der Waals surface area contributed by atoms with Crippen molar-refractivity contribution in [3.05, 3.63) is 29.0 Å². The number of piperidine rings is 1. The van der Waals surface area contributed by atoms with Crippen LogP contribution in [0.1, 0.15) is 48.3 Å². The summed E-state index contributed by atoms with van der Waals surface area (Å²) in [6.45, 7) is 7.56. The summed E-state index contributed by atoms with van der Waals surface area (Å²) in [5, 5.41) is 5.65. The van der Waals surface area contributed by atoms with Gasteiger partial charge in [0, 0.05) is 24.9 Å². The Kier molecular flexibility index (Phi) is 5.51. The number of likely N-dealkylation sites (tertiary alicyclic amines) is 1. The molecule has 148 valence electrons. The van der Waals surface area contributed by atoms with E-state index >= 15 is 0 Å². The van der Waals surface area contributed by atoms with Crippen molar-refractivity contribution < 1.29 is 18.3 Å². The zero-order chi connectivity index (χ0) is 19.8. The number of hydrogen-bond acceptors (Lipinski definition) is 4. The molecule has 1 aliphatic heterocycles. The van der Waals surface area contributed by atoms with Crippen LogP contribution in [0.25, 0.3) is 10.9 Å². The second-order valence-electron chi connectivity index (χ2n) is 7.82. The number of fused-ring (bicyclic) bond motifs is 1. The fourth-order valence-corrected chi connectivity index (χ4v) is 3.83. The van der Waals surface area contributed by atoms with Crippen molar-refractivity contribution >= 4 is 16.9 Å². The van der Waals surface area contributed by atoms with E-state index in [0.29, 0.717) is 37.5 Å². The van der Waals surface area contributed by atoms with E-state index in [-0.39, 0.29) is 18.9 Å². The Bertz CT molecular complexity index is 845. The first-order chi connectivity index (χ1) is 12.7. The normalized spacial score (nSPS) is 17.6. The maximum absolute atomic E-state index is 13.8. The minimum atomic E-state index is -2.64. The van der Waals surface area contributed by atoms with Crippen molar-refractivity contribution in [1.29, 1.82) is 0 Å². The Morgan fingerprint density at radius 3 is 2.74 bits per heavy atom. The summed E-state index contributed by atoms with van der Waals surface area (Å²) in [6, 6.07) is 3.59. The molecule has 5 nitrogen and oxygen atoms in total. The summed E-state index contributed by atoms with van der Waals surface area (Å²) in [5.74, 6) is -2.66. The quantitative estimate of drug-likeness (QED) is 0.737. The highest BCUT2D eigenvalue weighted by Crippen LogP contribution is 2.30. The van der Waals surface area contributed by atoms with Crippen molar-refractivity contribution in [3.63, 3.8) is 0 Å². The highest BCUT2D eigenvalue weighted by molar-refractivity contribution is 5.98. The van der Waals surface area contributed by atoms with Gasteiger partial charge in [-0.2, -0.15) is 5.10 Å². The number of hydrogen-bond donors (Lipinski definition) is 0. The monoisotopic (exact) mass is 379 g/mol. The van der Waals surface area contributed by atoms with Crippen LogP contribution < -0.4 is 0 Å². The molecule has 1 aliphatic rings. The van der Waals surface area contributed by atoms with Crippen LogP contribution in [0.5, 0.6) is 0 Å². The van der Waals surface area contributed by atoms with Gasteiger partial charge in [-0.15, -0.1) is 0 Å². The van der Waals surface area contributed by atoms with E-state index in [1.165, 1.54) is 7.11 Å². The topological polar surface area (TPSA) is 47.4 Å². The van der Waals surface area contributed by atoms with Crippen molar-refractivity contribution in [2.24, 2.45) is 5.92 Å². The fourth-order valence-electron chi connectivity index (χ4n) is 3.83. The Morgan fingerprint density at radius 1 is 1.37 bits per heavy atom. The molecule has 0 unspecified atom stereocenters. The van der Waals surface area contributed by atoms with Gasteiger partial charge < -0.3 is 4.74 Å². The van der Waals surface area contributed by atoms with Gasteiger partial charge >= 0.3 is 5.97 Å². The van der Waals surface area contributed by atoms with Gasteiger partial charge in [0.05, 0.1) is 30.4 Å². The summed E-state index contributed by atoms with van der Waals surface area (Å²) < 4.78 is 34.3. The molecule has 0 saturated carbocycles. The van der Waals surface area contributed by atoms with Crippen LogP contribution >= 0.6 is 0 Å². The fraction of sp³-hybridized carbons (Fsp3) is 0.600. The lowest BCUT2D eigenvalue weighted by Crippen LogP contribution is -2.42. The minimum absolute atomic E-state index is 0.0480. The summed E-state index contributed by atoms with van der Waals surface area (Å²) in [4.78, 5) is 13.8. The number of aromatic nitrogens is 2. The smallest absolute Gasteiger partial charge is 0.338 e. The number of halogens is 2. The van der Waals surface area contributed by atoms with E-state index in [4.69, 9.17) is 9.84 Å². The third-order valence-corrected chi connectivity index (χ3v) is 5.03. The molecule has 0 bridgehead atoms.